The van der Waals surface area contributed by atoms with Gasteiger partial charge >= 0.3 is 0 Å². The summed E-state index contributed by atoms with van der Waals surface area (Å²) in [5.74, 6) is 2.06. The number of nitrogens with one attached hydrogen (secondary N) is 2. The summed E-state index contributed by atoms with van der Waals surface area (Å²) in [6.07, 6.45) is 2.38. The molecule has 1 aliphatic rings. The lowest BCUT2D eigenvalue weighted by molar-refractivity contribution is 0.453. The van der Waals surface area contributed by atoms with Gasteiger partial charge in [-0.3, -0.25) is 0 Å². The van der Waals surface area contributed by atoms with Gasteiger partial charge in [-0.2, -0.15) is 0 Å². The predicted octanol–water partition coefficient (Wildman–Crippen LogP) is 1.85. The Balaban J connectivity index is 1.82. The monoisotopic (exact) mass is 276 g/mol. The third-order valence-corrected chi connectivity index (χ3v) is 3.77. The van der Waals surface area contributed by atoms with E-state index < -0.39 is 0 Å². The van der Waals surface area contributed by atoms with E-state index in [-0.39, 0.29) is 0 Å². The van der Waals surface area contributed by atoms with E-state index in [1.807, 2.05) is 13.0 Å². The van der Waals surface area contributed by atoms with Crippen LogP contribution in [0.2, 0.25) is 0 Å². The van der Waals surface area contributed by atoms with Crippen LogP contribution in [0.15, 0.2) is 11.6 Å². The molecule has 1 saturated heterocycles. The lowest BCUT2D eigenvalue weighted by Gasteiger charge is -2.22. The maximum atomic E-state index is 4.56. The van der Waals surface area contributed by atoms with Crippen LogP contribution in [-0.4, -0.2) is 33.3 Å². The molecule has 100 valence electrons. The Morgan fingerprint density at radius 3 is 3.11 bits per heavy atom. The van der Waals surface area contributed by atoms with E-state index in [4.69, 9.17) is 0 Å². The minimum Gasteiger partial charge on any atom is -0.316 e. The molecule has 0 bridgehead atoms. The first-order chi connectivity index (χ1) is 9.31. The fraction of sp³-hybridized carbons (Fsp3) is 0.500. The first-order valence-corrected chi connectivity index (χ1v) is 7.29. The topological polar surface area (TPSA) is 75.6 Å². The molecule has 7 heteroatoms. The van der Waals surface area contributed by atoms with E-state index in [1.54, 1.807) is 5.51 Å². The maximum Gasteiger partial charge on any atom is 0.210 e. The minimum absolute atomic E-state index is 0.477. The molecular formula is C12H16N6S. The van der Waals surface area contributed by atoms with Crippen LogP contribution in [0, 0.1) is 6.92 Å². The number of nitrogens with zero attached hydrogens (tertiary/aromatic N) is 4. The zero-order chi connectivity index (χ0) is 13.1. The molecule has 0 aromatic carbocycles. The van der Waals surface area contributed by atoms with Crippen LogP contribution in [0.4, 0.5) is 10.9 Å². The molecule has 19 heavy (non-hydrogen) atoms. The second-order valence-electron chi connectivity index (χ2n) is 4.64. The summed E-state index contributed by atoms with van der Waals surface area (Å²) in [5.41, 5.74) is 2.80. The van der Waals surface area contributed by atoms with Gasteiger partial charge in [0.2, 0.25) is 5.13 Å². The highest BCUT2D eigenvalue weighted by atomic mass is 32.1. The Hall–Kier alpha value is -1.60. The van der Waals surface area contributed by atoms with Crippen LogP contribution in [0.25, 0.3) is 0 Å². The van der Waals surface area contributed by atoms with Gasteiger partial charge in [-0.25, -0.2) is 9.97 Å². The highest BCUT2D eigenvalue weighted by Gasteiger charge is 2.17. The Morgan fingerprint density at radius 2 is 2.37 bits per heavy atom. The third kappa shape index (κ3) is 3.05. The fourth-order valence-corrected chi connectivity index (χ4v) is 2.76. The molecular weight excluding hydrogens is 260 g/mol. The van der Waals surface area contributed by atoms with Gasteiger partial charge in [-0.1, -0.05) is 11.3 Å². The summed E-state index contributed by atoms with van der Waals surface area (Å²) >= 11 is 1.46. The van der Waals surface area contributed by atoms with Crippen molar-refractivity contribution in [3.05, 3.63) is 23.1 Å². The molecule has 0 aliphatic carbocycles. The van der Waals surface area contributed by atoms with Crippen molar-refractivity contribution in [3.8, 4) is 0 Å². The SMILES string of the molecule is Cc1nc(Nc2nncs2)cc(C2CCCNC2)n1. The molecule has 1 unspecified atom stereocenters. The van der Waals surface area contributed by atoms with Crippen molar-refractivity contribution >= 4 is 22.3 Å². The number of rotatable bonds is 3. The lowest BCUT2D eigenvalue weighted by atomic mass is 9.96. The standard InChI is InChI=1S/C12H16N6S/c1-8-15-10(9-3-2-4-13-6-9)5-11(16-8)17-12-18-14-7-19-12/h5,7,9,13H,2-4,6H2,1H3,(H,15,16,17,18). The Bertz CT molecular complexity index is 535. The second kappa shape index (κ2) is 5.58. The smallest absolute Gasteiger partial charge is 0.210 e. The van der Waals surface area contributed by atoms with Crippen LogP contribution < -0.4 is 10.6 Å². The highest BCUT2D eigenvalue weighted by Crippen LogP contribution is 2.24. The molecule has 3 heterocycles. The Kier molecular flexibility index (Phi) is 3.65. The van der Waals surface area contributed by atoms with Gasteiger partial charge in [0.05, 0.1) is 5.69 Å². The second-order valence-corrected chi connectivity index (χ2v) is 5.47. The molecule has 2 N–H and O–H groups in total. The summed E-state index contributed by atoms with van der Waals surface area (Å²) in [7, 11) is 0. The van der Waals surface area contributed by atoms with E-state index in [9.17, 15) is 0 Å². The average molecular weight is 276 g/mol. The van der Waals surface area contributed by atoms with Crippen molar-refractivity contribution in [2.24, 2.45) is 0 Å². The van der Waals surface area contributed by atoms with Crippen LogP contribution >= 0.6 is 11.3 Å². The first kappa shape index (κ1) is 12.4. The molecule has 1 atom stereocenters. The van der Waals surface area contributed by atoms with Crippen molar-refractivity contribution in [3.63, 3.8) is 0 Å². The molecule has 0 amide bonds. The highest BCUT2D eigenvalue weighted by molar-refractivity contribution is 7.13. The zero-order valence-corrected chi connectivity index (χ0v) is 11.6. The van der Waals surface area contributed by atoms with E-state index in [0.29, 0.717) is 5.92 Å². The Morgan fingerprint density at radius 1 is 1.42 bits per heavy atom. The zero-order valence-electron chi connectivity index (χ0n) is 10.8. The quantitative estimate of drug-likeness (QED) is 0.891. The predicted molar refractivity (Wildman–Crippen MR) is 74.8 cm³/mol. The van der Waals surface area contributed by atoms with Crippen molar-refractivity contribution < 1.29 is 0 Å². The molecule has 2 aromatic heterocycles. The van der Waals surface area contributed by atoms with Gasteiger partial charge < -0.3 is 10.6 Å². The van der Waals surface area contributed by atoms with E-state index >= 15 is 0 Å². The number of piperidine rings is 1. The summed E-state index contributed by atoms with van der Waals surface area (Å²) in [6.45, 7) is 4.02. The molecule has 1 aliphatic heterocycles. The van der Waals surface area contributed by atoms with Gasteiger partial charge in [0, 0.05) is 18.5 Å². The van der Waals surface area contributed by atoms with Gasteiger partial charge in [0.25, 0.3) is 0 Å². The minimum atomic E-state index is 0.477. The van der Waals surface area contributed by atoms with Crippen molar-refractivity contribution in [1.82, 2.24) is 25.5 Å². The van der Waals surface area contributed by atoms with Crippen LogP contribution in [0.1, 0.15) is 30.3 Å². The largest absolute Gasteiger partial charge is 0.316 e. The number of hydrogen-bond acceptors (Lipinski definition) is 7. The van der Waals surface area contributed by atoms with Gasteiger partial charge in [0.1, 0.15) is 17.2 Å². The Labute approximate surface area is 115 Å². The van der Waals surface area contributed by atoms with Gasteiger partial charge in [-0.15, -0.1) is 10.2 Å². The molecule has 3 rings (SSSR count). The summed E-state index contributed by atoms with van der Waals surface area (Å²) in [4.78, 5) is 8.96. The number of anilines is 2. The first-order valence-electron chi connectivity index (χ1n) is 6.41. The van der Waals surface area contributed by atoms with E-state index in [1.165, 1.54) is 24.2 Å². The molecule has 0 radical (unpaired) electrons. The molecule has 6 nitrogen and oxygen atoms in total. The number of aromatic nitrogens is 4. The lowest BCUT2D eigenvalue weighted by Crippen LogP contribution is -2.29. The number of aryl methyl sites for hydroxylation is 1. The van der Waals surface area contributed by atoms with Crippen molar-refractivity contribution in [1.29, 1.82) is 0 Å². The molecule has 0 spiro atoms. The number of hydrogen-bond donors (Lipinski definition) is 2. The van der Waals surface area contributed by atoms with Crippen LogP contribution in [-0.2, 0) is 0 Å². The summed E-state index contributed by atoms with van der Waals surface area (Å²) < 4.78 is 0. The van der Waals surface area contributed by atoms with E-state index in [2.05, 4.69) is 30.8 Å². The van der Waals surface area contributed by atoms with Crippen LogP contribution in [0.5, 0.6) is 0 Å². The third-order valence-electron chi connectivity index (χ3n) is 3.17. The van der Waals surface area contributed by atoms with Crippen LogP contribution in [0.3, 0.4) is 0 Å². The molecule has 0 saturated carbocycles. The fourth-order valence-electron chi connectivity index (χ4n) is 2.31. The van der Waals surface area contributed by atoms with Gasteiger partial charge in [-0.05, 0) is 26.3 Å². The normalized spacial score (nSPS) is 19.3. The molecule has 2 aromatic rings. The molecule has 1 fully saturated rings. The summed E-state index contributed by atoms with van der Waals surface area (Å²) in [6, 6.07) is 2.02. The van der Waals surface area contributed by atoms with E-state index in [0.717, 1.165) is 35.6 Å². The van der Waals surface area contributed by atoms with Crippen molar-refractivity contribution in [2.45, 2.75) is 25.7 Å². The summed E-state index contributed by atoms with van der Waals surface area (Å²) in [5, 5.41) is 15.1. The van der Waals surface area contributed by atoms with Gasteiger partial charge in [0.15, 0.2) is 0 Å². The maximum absolute atomic E-state index is 4.56. The average Bonchev–Trinajstić information content (AvgIpc) is 2.92. The van der Waals surface area contributed by atoms with Crippen molar-refractivity contribution in [2.75, 3.05) is 18.4 Å².